The molecule has 1 saturated carbocycles. The van der Waals surface area contributed by atoms with E-state index in [2.05, 4.69) is 25.0 Å². The highest BCUT2D eigenvalue weighted by molar-refractivity contribution is 7.99. The van der Waals surface area contributed by atoms with E-state index in [1.165, 1.54) is 11.8 Å². The molecular weight excluding hydrogens is 414 g/mol. The number of hydrogen-bond acceptors (Lipinski definition) is 7. The molecule has 156 valence electrons. The van der Waals surface area contributed by atoms with Crippen LogP contribution in [0.2, 0.25) is 5.02 Å². The summed E-state index contributed by atoms with van der Waals surface area (Å²) in [5.74, 6) is 1.88. The fourth-order valence-electron chi connectivity index (χ4n) is 3.07. The van der Waals surface area contributed by atoms with Crippen molar-refractivity contribution in [1.82, 2.24) is 20.1 Å². The molecule has 2 heterocycles. The first kappa shape index (κ1) is 20.3. The summed E-state index contributed by atoms with van der Waals surface area (Å²) in [6.45, 7) is 3.90. The summed E-state index contributed by atoms with van der Waals surface area (Å²) in [6.07, 6.45) is 2.27. The minimum absolute atomic E-state index is 0.0482. The van der Waals surface area contributed by atoms with Crippen LogP contribution in [-0.4, -0.2) is 65.9 Å². The number of nitrogens with one attached hydrogen (secondary N) is 1. The fourth-order valence-corrected chi connectivity index (χ4v) is 4.03. The van der Waals surface area contributed by atoms with E-state index in [0.717, 1.165) is 42.8 Å². The van der Waals surface area contributed by atoms with E-state index >= 15 is 0 Å². The molecule has 2 fully saturated rings. The maximum absolute atomic E-state index is 12.2. The minimum atomic E-state index is -0.0482. The van der Waals surface area contributed by atoms with Crippen LogP contribution in [0.5, 0.6) is 5.75 Å². The maximum Gasteiger partial charge on any atom is 0.230 e. The zero-order valence-electron chi connectivity index (χ0n) is 16.1. The van der Waals surface area contributed by atoms with E-state index in [1.54, 1.807) is 24.3 Å². The van der Waals surface area contributed by atoms with Gasteiger partial charge in [0.2, 0.25) is 11.9 Å². The van der Waals surface area contributed by atoms with Crippen molar-refractivity contribution >= 4 is 35.2 Å². The van der Waals surface area contributed by atoms with Gasteiger partial charge in [0.15, 0.2) is 5.16 Å². The van der Waals surface area contributed by atoms with Gasteiger partial charge in [0.05, 0.1) is 25.5 Å². The normalized spacial score (nSPS) is 16.7. The number of hydrogen-bond donors (Lipinski definition) is 1. The van der Waals surface area contributed by atoms with E-state index < -0.39 is 0 Å². The first-order valence-corrected chi connectivity index (χ1v) is 11.1. The third kappa shape index (κ3) is 5.55. The Labute approximate surface area is 178 Å². The number of thioether (sulfide) groups is 1. The SMILES string of the molecule is O=C(CSc1nnc(N2CCOCC2)n1C1CC1)NCCOc1ccc(Cl)cc1. The van der Waals surface area contributed by atoms with Crippen molar-refractivity contribution in [3.05, 3.63) is 29.3 Å². The smallest absolute Gasteiger partial charge is 0.230 e. The Morgan fingerprint density at radius 3 is 2.72 bits per heavy atom. The molecule has 0 spiro atoms. The standard InChI is InChI=1S/C19H24ClN5O3S/c20-14-1-5-16(6-2-14)28-10-7-21-17(26)13-29-19-23-22-18(25(19)15-3-4-15)24-8-11-27-12-9-24/h1-2,5-6,15H,3-4,7-13H2,(H,21,26). The Hall–Kier alpha value is -1.97. The first-order valence-electron chi connectivity index (χ1n) is 9.76. The quantitative estimate of drug-likeness (QED) is 0.476. The van der Waals surface area contributed by atoms with Gasteiger partial charge in [-0.1, -0.05) is 23.4 Å². The average molecular weight is 438 g/mol. The van der Waals surface area contributed by atoms with Gasteiger partial charge in [0, 0.05) is 24.2 Å². The van der Waals surface area contributed by atoms with Gasteiger partial charge >= 0.3 is 0 Å². The number of halogens is 1. The number of rotatable bonds is 9. The van der Waals surface area contributed by atoms with Crippen LogP contribution in [0, 0.1) is 0 Å². The summed E-state index contributed by atoms with van der Waals surface area (Å²) in [6, 6.07) is 7.59. The minimum Gasteiger partial charge on any atom is -0.492 e. The molecule has 1 N–H and O–H groups in total. The van der Waals surface area contributed by atoms with E-state index in [4.69, 9.17) is 21.1 Å². The van der Waals surface area contributed by atoms with Crippen molar-refractivity contribution < 1.29 is 14.3 Å². The highest BCUT2D eigenvalue weighted by atomic mass is 35.5. The number of nitrogens with zero attached hydrogens (tertiary/aromatic N) is 4. The summed E-state index contributed by atoms with van der Waals surface area (Å²) in [5, 5.41) is 13.1. The van der Waals surface area contributed by atoms with Gasteiger partial charge in [-0.05, 0) is 37.1 Å². The highest BCUT2D eigenvalue weighted by Crippen LogP contribution is 2.41. The van der Waals surface area contributed by atoms with Crippen LogP contribution in [0.4, 0.5) is 5.95 Å². The summed E-state index contributed by atoms with van der Waals surface area (Å²) in [7, 11) is 0. The first-order chi connectivity index (χ1) is 14.2. The van der Waals surface area contributed by atoms with Crippen LogP contribution in [0.25, 0.3) is 0 Å². The predicted molar refractivity (Wildman–Crippen MR) is 112 cm³/mol. The van der Waals surface area contributed by atoms with Crippen LogP contribution < -0.4 is 15.0 Å². The number of ether oxygens (including phenoxy) is 2. The van der Waals surface area contributed by atoms with E-state index in [0.29, 0.717) is 43.2 Å². The highest BCUT2D eigenvalue weighted by Gasteiger charge is 2.32. The molecule has 8 nitrogen and oxygen atoms in total. The largest absolute Gasteiger partial charge is 0.492 e. The molecular formula is C19H24ClN5O3S. The number of carbonyl (C=O) groups excluding carboxylic acids is 1. The van der Waals surface area contributed by atoms with E-state index in [1.807, 2.05) is 0 Å². The molecule has 1 aliphatic carbocycles. The fraction of sp³-hybridized carbons (Fsp3) is 0.526. The lowest BCUT2D eigenvalue weighted by molar-refractivity contribution is -0.118. The maximum atomic E-state index is 12.2. The van der Waals surface area contributed by atoms with Crippen molar-refractivity contribution in [2.24, 2.45) is 0 Å². The average Bonchev–Trinajstić information content (AvgIpc) is 3.50. The lowest BCUT2D eigenvalue weighted by atomic mass is 10.3. The third-order valence-corrected chi connectivity index (χ3v) is 5.89. The number of morpholine rings is 1. The topological polar surface area (TPSA) is 81.5 Å². The van der Waals surface area contributed by atoms with Crippen LogP contribution in [0.3, 0.4) is 0 Å². The van der Waals surface area contributed by atoms with Crippen molar-refractivity contribution in [1.29, 1.82) is 0 Å². The molecule has 0 atom stereocenters. The lowest BCUT2D eigenvalue weighted by Crippen LogP contribution is -2.38. The number of benzene rings is 1. The van der Waals surface area contributed by atoms with Crippen molar-refractivity contribution in [3.8, 4) is 5.75 Å². The van der Waals surface area contributed by atoms with E-state index in [9.17, 15) is 4.79 Å². The van der Waals surface area contributed by atoms with Gasteiger partial charge in [0.1, 0.15) is 12.4 Å². The molecule has 2 aliphatic rings. The Bertz CT molecular complexity index is 822. The molecule has 2 aromatic rings. The lowest BCUT2D eigenvalue weighted by Gasteiger charge is -2.27. The predicted octanol–water partition coefficient (Wildman–Crippen LogP) is 2.39. The van der Waals surface area contributed by atoms with Crippen molar-refractivity contribution in [2.75, 3.05) is 50.1 Å². The second kappa shape index (κ2) is 9.69. The molecule has 0 radical (unpaired) electrons. The molecule has 1 aliphatic heterocycles. The Morgan fingerprint density at radius 2 is 2.00 bits per heavy atom. The number of carbonyl (C=O) groups is 1. The summed E-state index contributed by atoms with van der Waals surface area (Å²) < 4.78 is 13.2. The monoisotopic (exact) mass is 437 g/mol. The molecule has 1 saturated heterocycles. The van der Waals surface area contributed by atoms with Gasteiger partial charge in [-0.2, -0.15) is 0 Å². The molecule has 10 heteroatoms. The van der Waals surface area contributed by atoms with Crippen LogP contribution in [-0.2, 0) is 9.53 Å². The van der Waals surface area contributed by atoms with Gasteiger partial charge in [0.25, 0.3) is 0 Å². The molecule has 4 rings (SSSR count). The number of amides is 1. The zero-order chi connectivity index (χ0) is 20.1. The Morgan fingerprint density at radius 1 is 1.24 bits per heavy atom. The van der Waals surface area contributed by atoms with Gasteiger partial charge in [-0.25, -0.2) is 0 Å². The summed E-state index contributed by atoms with van der Waals surface area (Å²) in [4.78, 5) is 14.4. The molecule has 1 aromatic heterocycles. The molecule has 1 amide bonds. The third-order valence-electron chi connectivity index (χ3n) is 4.69. The zero-order valence-corrected chi connectivity index (χ0v) is 17.6. The van der Waals surface area contributed by atoms with Gasteiger partial charge < -0.3 is 19.7 Å². The van der Waals surface area contributed by atoms with Gasteiger partial charge in [-0.3, -0.25) is 9.36 Å². The molecule has 29 heavy (non-hydrogen) atoms. The summed E-state index contributed by atoms with van der Waals surface area (Å²) in [5.41, 5.74) is 0. The van der Waals surface area contributed by atoms with E-state index in [-0.39, 0.29) is 5.91 Å². The molecule has 1 aromatic carbocycles. The molecule has 0 unspecified atom stereocenters. The number of anilines is 1. The van der Waals surface area contributed by atoms with Crippen LogP contribution >= 0.6 is 23.4 Å². The van der Waals surface area contributed by atoms with Gasteiger partial charge in [-0.15, -0.1) is 10.2 Å². The Kier molecular flexibility index (Phi) is 6.78. The van der Waals surface area contributed by atoms with Crippen molar-refractivity contribution in [3.63, 3.8) is 0 Å². The molecule has 0 bridgehead atoms. The second-order valence-electron chi connectivity index (χ2n) is 6.92. The second-order valence-corrected chi connectivity index (χ2v) is 8.30. The van der Waals surface area contributed by atoms with Crippen LogP contribution in [0.15, 0.2) is 29.4 Å². The summed E-state index contributed by atoms with van der Waals surface area (Å²) >= 11 is 7.27. The van der Waals surface area contributed by atoms with Crippen molar-refractivity contribution in [2.45, 2.75) is 24.0 Å². The van der Waals surface area contributed by atoms with Crippen LogP contribution in [0.1, 0.15) is 18.9 Å². The Balaban J connectivity index is 1.24. The number of aromatic nitrogens is 3.